The lowest BCUT2D eigenvalue weighted by atomic mass is 10.1. The molecule has 0 unspecified atom stereocenters. The van der Waals surface area contributed by atoms with Crippen molar-refractivity contribution in [1.29, 1.82) is 0 Å². The van der Waals surface area contributed by atoms with Crippen molar-refractivity contribution >= 4 is 45.8 Å². The standard InChI is InChI=1S/C21H23N3O4S/c1-14(2)24-20(26)18(29-21(24)27)11-15-12-23(17-6-4-3-5-16(15)17)13-19(25)22-7-9-28-10-8-22/h3-6,11-12,14H,7-10,13H2,1-2H3/b18-11-. The van der Waals surface area contributed by atoms with Gasteiger partial charge in [0.15, 0.2) is 0 Å². The van der Waals surface area contributed by atoms with Gasteiger partial charge in [-0.1, -0.05) is 18.2 Å². The van der Waals surface area contributed by atoms with Gasteiger partial charge >= 0.3 is 0 Å². The lowest BCUT2D eigenvalue weighted by Gasteiger charge is -2.27. The van der Waals surface area contributed by atoms with Gasteiger partial charge in [-0.15, -0.1) is 0 Å². The second-order valence-electron chi connectivity index (χ2n) is 7.37. The average molecular weight is 413 g/mol. The Balaban J connectivity index is 1.65. The number of para-hydroxylation sites is 1. The molecule has 4 rings (SSSR count). The molecule has 152 valence electrons. The smallest absolute Gasteiger partial charge is 0.293 e. The third-order valence-electron chi connectivity index (χ3n) is 5.12. The van der Waals surface area contributed by atoms with Crippen molar-refractivity contribution in [3.63, 3.8) is 0 Å². The van der Waals surface area contributed by atoms with Crippen LogP contribution in [0.4, 0.5) is 4.79 Å². The Hall–Kier alpha value is -2.58. The van der Waals surface area contributed by atoms with Gasteiger partial charge in [0.05, 0.1) is 18.1 Å². The van der Waals surface area contributed by atoms with Gasteiger partial charge in [-0.2, -0.15) is 0 Å². The van der Waals surface area contributed by atoms with Gasteiger partial charge in [0, 0.05) is 41.8 Å². The Bertz CT molecular complexity index is 1000. The number of imide groups is 1. The number of carbonyl (C=O) groups is 3. The Morgan fingerprint density at radius 1 is 1.21 bits per heavy atom. The third-order valence-corrected chi connectivity index (χ3v) is 6.00. The summed E-state index contributed by atoms with van der Waals surface area (Å²) in [5, 5.41) is 0.695. The number of fused-ring (bicyclic) bond motifs is 1. The van der Waals surface area contributed by atoms with Crippen LogP contribution in [0.2, 0.25) is 0 Å². The fraction of sp³-hybridized carbons (Fsp3) is 0.381. The number of thioether (sulfide) groups is 1. The Morgan fingerprint density at radius 2 is 1.93 bits per heavy atom. The predicted octanol–water partition coefficient (Wildman–Crippen LogP) is 2.94. The van der Waals surface area contributed by atoms with Crippen LogP contribution in [-0.2, 0) is 20.9 Å². The number of aromatic nitrogens is 1. The van der Waals surface area contributed by atoms with Gasteiger partial charge in [-0.25, -0.2) is 0 Å². The van der Waals surface area contributed by atoms with E-state index in [4.69, 9.17) is 4.74 Å². The van der Waals surface area contributed by atoms with E-state index < -0.39 is 0 Å². The normalized spacial score (nSPS) is 19.2. The van der Waals surface area contributed by atoms with Gasteiger partial charge in [0.1, 0.15) is 6.54 Å². The largest absolute Gasteiger partial charge is 0.378 e. The molecule has 0 spiro atoms. The van der Waals surface area contributed by atoms with Crippen LogP contribution in [0.5, 0.6) is 0 Å². The molecule has 3 heterocycles. The molecule has 0 aliphatic carbocycles. The van der Waals surface area contributed by atoms with Crippen LogP contribution in [0.25, 0.3) is 17.0 Å². The van der Waals surface area contributed by atoms with Gasteiger partial charge in [0.25, 0.3) is 11.1 Å². The minimum Gasteiger partial charge on any atom is -0.378 e. The molecule has 3 amide bonds. The first-order valence-electron chi connectivity index (χ1n) is 9.66. The van der Waals surface area contributed by atoms with Crippen LogP contribution < -0.4 is 0 Å². The Kier molecular flexibility index (Phi) is 5.47. The quantitative estimate of drug-likeness (QED) is 0.721. The number of benzene rings is 1. The SMILES string of the molecule is CC(C)N1C(=O)S/C(=C\c2cn(CC(=O)N3CCOCC3)c3ccccc23)C1=O. The first-order chi connectivity index (χ1) is 14.0. The Labute approximate surface area is 173 Å². The van der Waals surface area contributed by atoms with Crippen LogP contribution in [0, 0.1) is 0 Å². The van der Waals surface area contributed by atoms with Crippen LogP contribution in [-0.4, -0.2) is 63.8 Å². The maximum absolute atomic E-state index is 12.7. The summed E-state index contributed by atoms with van der Waals surface area (Å²) in [6, 6.07) is 7.59. The highest BCUT2D eigenvalue weighted by Gasteiger charge is 2.36. The van der Waals surface area contributed by atoms with E-state index in [1.165, 1.54) is 4.90 Å². The zero-order valence-electron chi connectivity index (χ0n) is 16.5. The third kappa shape index (κ3) is 3.82. The molecular formula is C21H23N3O4S. The summed E-state index contributed by atoms with van der Waals surface area (Å²) in [5.41, 5.74) is 1.74. The van der Waals surface area contributed by atoms with Crippen LogP contribution in [0.15, 0.2) is 35.4 Å². The molecule has 0 saturated carbocycles. The summed E-state index contributed by atoms with van der Waals surface area (Å²) in [4.78, 5) is 41.0. The van der Waals surface area contributed by atoms with Gasteiger partial charge in [-0.05, 0) is 37.8 Å². The van der Waals surface area contributed by atoms with Crippen molar-refractivity contribution < 1.29 is 19.1 Å². The van der Waals surface area contributed by atoms with E-state index in [1.54, 1.807) is 6.08 Å². The first kappa shape index (κ1) is 19.7. The minimum atomic E-state index is -0.267. The summed E-state index contributed by atoms with van der Waals surface area (Å²) in [5.74, 6) is -0.225. The molecule has 0 bridgehead atoms. The lowest BCUT2D eigenvalue weighted by Crippen LogP contribution is -2.42. The number of rotatable bonds is 4. The zero-order chi connectivity index (χ0) is 20.5. The highest BCUT2D eigenvalue weighted by molar-refractivity contribution is 8.18. The van der Waals surface area contributed by atoms with E-state index >= 15 is 0 Å². The number of hydrogen-bond donors (Lipinski definition) is 0. The number of carbonyl (C=O) groups excluding carboxylic acids is 3. The number of nitrogens with zero attached hydrogens (tertiary/aromatic N) is 3. The Morgan fingerprint density at radius 3 is 2.62 bits per heavy atom. The molecule has 1 aromatic carbocycles. The molecule has 0 atom stereocenters. The predicted molar refractivity (Wildman–Crippen MR) is 112 cm³/mol. The van der Waals surface area contributed by atoms with E-state index in [9.17, 15) is 14.4 Å². The van der Waals surface area contributed by atoms with E-state index in [1.807, 2.05) is 53.8 Å². The van der Waals surface area contributed by atoms with Crippen LogP contribution in [0.1, 0.15) is 19.4 Å². The highest BCUT2D eigenvalue weighted by atomic mass is 32.2. The van der Waals surface area contributed by atoms with Gasteiger partial charge in [0.2, 0.25) is 5.91 Å². The molecule has 29 heavy (non-hydrogen) atoms. The minimum absolute atomic E-state index is 0.0423. The van der Waals surface area contributed by atoms with Crippen molar-refractivity contribution in [3.05, 3.63) is 40.9 Å². The van der Waals surface area contributed by atoms with Crippen molar-refractivity contribution in [1.82, 2.24) is 14.4 Å². The number of amides is 3. The summed E-state index contributed by atoms with van der Waals surface area (Å²) in [7, 11) is 0. The molecule has 2 aromatic rings. The van der Waals surface area contributed by atoms with Crippen molar-refractivity contribution in [2.75, 3.05) is 26.3 Å². The summed E-state index contributed by atoms with van der Waals surface area (Å²) < 4.78 is 7.23. The second-order valence-corrected chi connectivity index (χ2v) is 8.36. The van der Waals surface area contributed by atoms with E-state index in [2.05, 4.69) is 0 Å². The zero-order valence-corrected chi connectivity index (χ0v) is 17.3. The van der Waals surface area contributed by atoms with Gasteiger partial charge in [-0.3, -0.25) is 19.3 Å². The van der Waals surface area contributed by atoms with E-state index in [-0.39, 0.29) is 29.6 Å². The molecule has 0 radical (unpaired) electrons. The van der Waals surface area contributed by atoms with Crippen LogP contribution >= 0.6 is 11.8 Å². The molecular weight excluding hydrogens is 390 g/mol. The van der Waals surface area contributed by atoms with Gasteiger partial charge < -0.3 is 14.2 Å². The molecule has 2 saturated heterocycles. The maximum atomic E-state index is 12.7. The number of hydrogen-bond acceptors (Lipinski definition) is 5. The summed E-state index contributed by atoms with van der Waals surface area (Å²) >= 11 is 0.960. The molecule has 8 heteroatoms. The molecule has 0 N–H and O–H groups in total. The molecule has 2 aliphatic heterocycles. The monoisotopic (exact) mass is 413 g/mol. The fourth-order valence-corrected chi connectivity index (χ4v) is 4.60. The fourth-order valence-electron chi connectivity index (χ4n) is 3.65. The van der Waals surface area contributed by atoms with Crippen molar-refractivity contribution in [3.8, 4) is 0 Å². The molecule has 2 fully saturated rings. The lowest BCUT2D eigenvalue weighted by molar-refractivity contribution is -0.135. The molecule has 7 nitrogen and oxygen atoms in total. The van der Waals surface area contributed by atoms with Crippen molar-refractivity contribution in [2.24, 2.45) is 0 Å². The first-order valence-corrected chi connectivity index (χ1v) is 10.5. The summed E-state index contributed by atoms with van der Waals surface area (Å²) in [6.45, 7) is 6.21. The molecule has 2 aliphatic rings. The van der Waals surface area contributed by atoms with Crippen molar-refractivity contribution in [2.45, 2.75) is 26.4 Å². The highest BCUT2D eigenvalue weighted by Crippen LogP contribution is 2.35. The van der Waals surface area contributed by atoms with E-state index in [0.717, 1.165) is 28.2 Å². The van der Waals surface area contributed by atoms with E-state index in [0.29, 0.717) is 31.2 Å². The molecule has 1 aromatic heterocycles. The number of morpholine rings is 1. The topological polar surface area (TPSA) is 71.8 Å². The average Bonchev–Trinajstić information content (AvgIpc) is 3.19. The second kappa shape index (κ2) is 8.04. The van der Waals surface area contributed by atoms with Crippen LogP contribution in [0.3, 0.4) is 0 Å². The maximum Gasteiger partial charge on any atom is 0.293 e. The number of ether oxygens (including phenoxy) is 1. The summed E-state index contributed by atoms with van der Waals surface area (Å²) in [6.07, 6.45) is 3.64.